The number of aliphatic hydroxyl groups is 2. The minimum atomic E-state index is -1.11. The Morgan fingerprint density at radius 2 is 2.19 bits per heavy atom. The Hall–Kier alpha value is -1.48. The molecule has 0 saturated carbocycles. The second-order valence-electron chi connectivity index (χ2n) is 3.36. The normalized spacial score (nSPS) is 13.8. The van der Waals surface area contributed by atoms with Gasteiger partial charge in [0.1, 0.15) is 11.1 Å². The number of aliphatic hydroxyl groups excluding tert-OH is 2. The smallest absolute Gasteiger partial charge is 0.106 e. The second-order valence-corrected chi connectivity index (χ2v) is 3.80. The van der Waals surface area contributed by atoms with Crippen LogP contribution >= 0.6 is 12.2 Å². The van der Waals surface area contributed by atoms with Gasteiger partial charge in [0.05, 0.1) is 18.6 Å². The molecule has 4 N–H and O–H groups in total. The summed E-state index contributed by atoms with van der Waals surface area (Å²) >= 11 is 4.81. The molecule has 0 bridgehead atoms. The highest BCUT2D eigenvalue weighted by Gasteiger charge is 2.18. The van der Waals surface area contributed by atoms with Gasteiger partial charge in [-0.1, -0.05) is 30.4 Å². The monoisotopic (exact) mass is 236 g/mol. The van der Waals surface area contributed by atoms with Crippen LogP contribution in [0.25, 0.3) is 0 Å². The van der Waals surface area contributed by atoms with Crippen molar-refractivity contribution in [2.45, 2.75) is 18.6 Å². The van der Waals surface area contributed by atoms with Crippen LogP contribution < -0.4 is 5.73 Å². The summed E-state index contributed by atoms with van der Waals surface area (Å²) in [5.41, 5.74) is 6.57. The third-order valence-electron chi connectivity index (χ3n) is 2.18. The lowest BCUT2D eigenvalue weighted by Crippen LogP contribution is -2.18. The van der Waals surface area contributed by atoms with Crippen LogP contribution in [-0.2, 0) is 0 Å². The van der Waals surface area contributed by atoms with Crippen LogP contribution in [0.2, 0.25) is 0 Å². The average Bonchev–Trinajstić information content (AvgIpc) is 2.28. The highest BCUT2D eigenvalue weighted by molar-refractivity contribution is 7.80. The van der Waals surface area contributed by atoms with Crippen LogP contribution in [0.15, 0.2) is 24.3 Å². The number of rotatable bonds is 4. The summed E-state index contributed by atoms with van der Waals surface area (Å²) < 4.78 is 0. The molecule has 0 saturated heterocycles. The molecule has 0 fully saturated rings. The van der Waals surface area contributed by atoms with Gasteiger partial charge in [-0.3, -0.25) is 0 Å². The molecule has 2 atom stereocenters. The molecule has 0 amide bonds. The first-order valence-corrected chi connectivity index (χ1v) is 5.10. The van der Waals surface area contributed by atoms with E-state index < -0.39 is 12.2 Å². The van der Waals surface area contributed by atoms with Gasteiger partial charge in [-0.05, 0) is 11.6 Å². The molecule has 0 aliphatic heterocycles. The van der Waals surface area contributed by atoms with Crippen molar-refractivity contribution in [1.82, 2.24) is 0 Å². The first kappa shape index (κ1) is 12.6. The van der Waals surface area contributed by atoms with Crippen molar-refractivity contribution in [2.24, 2.45) is 5.73 Å². The van der Waals surface area contributed by atoms with E-state index in [4.69, 9.17) is 23.2 Å². The van der Waals surface area contributed by atoms with E-state index in [2.05, 4.69) is 0 Å². The number of nitrogens with two attached hydrogens (primary N) is 1. The third-order valence-corrected chi connectivity index (χ3v) is 2.41. The fraction of sp³-hybridized carbons (Fsp3) is 0.273. The third kappa shape index (κ3) is 3.00. The molecule has 84 valence electrons. The van der Waals surface area contributed by atoms with E-state index in [9.17, 15) is 10.2 Å². The van der Waals surface area contributed by atoms with Gasteiger partial charge in [-0.2, -0.15) is 5.26 Å². The van der Waals surface area contributed by atoms with Gasteiger partial charge in [0, 0.05) is 5.56 Å². The molecule has 1 rings (SSSR count). The number of thiocarbonyl (C=S) groups is 1. The highest BCUT2D eigenvalue weighted by Crippen LogP contribution is 2.19. The van der Waals surface area contributed by atoms with Crippen molar-refractivity contribution in [3.8, 4) is 6.07 Å². The molecule has 1 aromatic carbocycles. The summed E-state index contributed by atoms with van der Waals surface area (Å²) in [6.07, 6.45) is -2.33. The number of benzene rings is 1. The van der Waals surface area contributed by atoms with E-state index in [0.29, 0.717) is 11.1 Å². The van der Waals surface area contributed by atoms with E-state index in [1.807, 2.05) is 0 Å². The SMILES string of the molecule is N#CCC(O)C(O)c1cccc(C(N)=S)c1. The lowest BCUT2D eigenvalue weighted by Gasteiger charge is -2.16. The van der Waals surface area contributed by atoms with Gasteiger partial charge >= 0.3 is 0 Å². The molecule has 0 heterocycles. The van der Waals surface area contributed by atoms with Gasteiger partial charge < -0.3 is 15.9 Å². The summed E-state index contributed by atoms with van der Waals surface area (Å²) in [6, 6.07) is 8.45. The lowest BCUT2D eigenvalue weighted by atomic mass is 10.0. The predicted molar refractivity (Wildman–Crippen MR) is 63.5 cm³/mol. The van der Waals surface area contributed by atoms with Crippen molar-refractivity contribution >= 4 is 17.2 Å². The largest absolute Gasteiger partial charge is 0.389 e. The molecule has 4 nitrogen and oxygen atoms in total. The highest BCUT2D eigenvalue weighted by atomic mass is 32.1. The number of hydrogen-bond acceptors (Lipinski definition) is 4. The maximum Gasteiger partial charge on any atom is 0.106 e. The minimum absolute atomic E-state index is 0.127. The molecule has 1 aromatic rings. The molecule has 0 aliphatic carbocycles. The molecule has 2 unspecified atom stereocenters. The van der Waals surface area contributed by atoms with Crippen LogP contribution in [0, 0.1) is 11.3 Å². The molecular formula is C11H12N2O2S. The van der Waals surface area contributed by atoms with Crippen molar-refractivity contribution in [3.05, 3.63) is 35.4 Å². The Balaban J connectivity index is 2.92. The van der Waals surface area contributed by atoms with Crippen molar-refractivity contribution < 1.29 is 10.2 Å². The van der Waals surface area contributed by atoms with E-state index in [1.165, 1.54) is 0 Å². The molecule has 0 aliphatic rings. The maximum atomic E-state index is 9.74. The molecule has 0 spiro atoms. The Morgan fingerprint density at radius 1 is 1.50 bits per heavy atom. The molecule has 0 aromatic heterocycles. The van der Waals surface area contributed by atoms with E-state index >= 15 is 0 Å². The van der Waals surface area contributed by atoms with Gasteiger partial charge in [0.2, 0.25) is 0 Å². The first-order valence-electron chi connectivity index (χ1n) is 4.69. The van der Waals surface area contributed by atoms with Gasteiger partial charge in [0.15, 0.2) is 0 Å². The fourth-order valence-electron chi connectivity index (χ4n) is 1.30. The zero-order chi connectivity index (χ0) is 12.1. The van der Waals surface area contributed by atoms with Crippen LogP contribution in [0.4, 0.5) is 0 Å². The van der Waals surface area contributed by atoms with Crippen LogP contribution in [0.5, 0.6) is 0 Å². The number of nitrogens with zero attached hydrogens (tertiary/aromatic N) is 1. The van der Waals surface area contributed by atoms with Crippen molar-refractivity contribution in [1.29, 1.82) is 5.26 Å². The summed E-state index contributed by atoms with van der Waals surface area (Å²) in [4.78, 5) is 0.226. The zero-order valence-corrected chi connectivity index (χ0v) is 9.31. The van der Waals surface area contributed by atoms with E-state index in [1.54, 1.807) is 30.3 Å². The lowest BCUT2D eigenvalue weighted by molar-refractivity contribution is 0.0216. The van der Waals surface area contributed by atoms with E-state index in [0.717, 1.165) is 0 Å². The summed E-state index contributed by atoms with van der Waals surface area (Å²) in [5, 5.41) is 27.6. The Bertz CT molecular complexity index is 428. The fourth-order valence-corrected chi connectivity index (χ4v) is 1.43. The van der Waals surface area contributed by atoms with Crippen molar-refractivity contribution in [2.75, 3.05) is 0 Å². The molecule has 0 radical (unpaired) electrons. The Labute approximate surface area is 98.9 Å². The molecule has 16 heavy (non-hydrogen) atoms. The number of nitriles is 1. The van der Waals surface area contributed by atoms with Gasteiger partial charge in [-0.15, -0.1) is 0 Å². The summed E-state index contributed by atoms with van der Waals surface area (Å²) in [7, 11) is 0. The molecular weight excluding hydrogens is 224 g/mol. The minimum Gasteiger partial charge on any atom is -0.389 e. The standard InChI is InChI=1S/C11H12N2O2S/c12-5-4-9(14)10(15)7-2-1-3-8(6-7)11(13)16/h1-3,6,9-10,14-15H,4H2,(H2,13,16). The number of hydrogen-bond donors (Lipinski definition) is 3. The Kier molecular flexibility index (Phi) is 4.38. The topological polar surface area (TPSA) is 90.3 Å². The van der Waals surface area contributed by atoms with Gasteiger partial charge in [0.25, 0.3) is 0 Å². The molecule has 5 heteroatoms. The summed E-state index contributed by atoms with van der Waals surface area (Å²) in [5.74, 6) is 0. The van der Waals surface area contributed by atoms with Gasteiger partial charge in [-0.25, -0.2) is 0 Å². The van der Waals surface area contributed by atoms with Crippen molar-refractivity contribution in [3.63, 3.8) is 0 Å². The second kappa shape index (κ2) is 5.56. The predicted octanol–water partition coefficient (Wildman–Crippen LogP) is 0.629. The quantitative estimate of drug-likeness (QED) is 0.667. The van der Waals surface area contributed by atoms with Crippen LogP contribution in [0.3, 0.4) is 0 Å². The van der Waals surface area contributed by atoms with E-state index in [-0.39, 0.29) is 11.4 Å². The zero-order valence-electron chi connectivity index (χ0n) is 8.50. The van der Waals surface area contributed by atoms with Crippen LogP contribution in [-0.4, -0.2) is 21.3 Å². The Morgan fingerprint density at radius 3 is 2.75 bits per heavy atom. The van der Waals surface area contributed by atoms with Crippen LogP contribution in [0.1, 0.15) is 23.7 Å². The average molecular weight is 236 g/mol. The summed E-state index contributed by atoms with van der Waals surface area (Å²) in [6.45, 7) is 0. The maximum absolute atomic E-state index is 9.74. The first-order chi connectivity index (χ1) is 7.56.